The first-order chi connectivity index (χ1) is 10.6. The Hall–Kier alpha value is -2.34. The summed E-state index contributed by atoms with van der Waals surface area (Å²) in [4.78, 5) is 11.8. The average Bonchev–Trinajstić information content (AvgIpc) is 2.50. The van der Waals surface area contributed by atoms with E-state index in [1.54, 1.807) is 6.21 Å². The molecule has 0 saturated heterocycles. The smallest absolute Gasteiger partial charge is 0.271 e. The van der Waals surface area contributed by atoms with Crippen LogP contribution in [0, 0.1) is 0 Å². The molecule has 0 aromatic heterocycles. The van der Waals surface area contributed by atoms with Crippen LogP contribution in [0.1, 0.15) is 22.8 Å². The molecule has 0 heterocycles. The number of nitrogens with one attached hydrogen (secondary N) is 1. The zero-order valence-corrected chi connectivity index (χ0v) is 13.5. The predicted molar refractivity (Wildman–Crippen MR) is 88.5 cm³/mol. The Balaban J connectivity index is 1.98. The van der Waals surface area contributed by atoms with E-state index in [2.05, 4.69) is 26.5 Å². The quantitative estimate of drug-likeness (QED) is 0.633. The number of hydrogen-bond acceptors (Lipinski definition) is 4. The van der Waals surface area contributed by atoms with Gasteiger partial charge in [-0.15, -0.1) is 0 Å². The van der Waals surface area contributed by atoms with Crippen molar-refractivity contribution in [2.24, 2.45) is 5.10 Å². The molecule has 0 spiro atoms. The van der Waals surface area contributed by atoms with Crippen LogP contribution in [0.25, 0.3) is 0 Å². The van der Waals surface area contributed by atoms with Crippen molar-refractivity contribution in [1.82, 2.24) is 5.43 Å². The highest BCUT2D eigenvalue weighted by molar-refractivity contribution is 9.10. The van der Waals surface area contributed by atoms with Crippen LogP contribution in [0.4, 0.5) is 0 Å². The number of amides is 1. The monoisotopic (exact) mass is 362 g/mol. The third-order valence-corrected chi connectivity index (χ3v) is 3.38. The van der Waals surface area contributed by atoms with Crippen LogP contribution in [0.3, 0.4) is 0 Å². The molecule has 1 amide bonds. The summed E-state index contributed by atoms with van der Waals surface area (Å²) in [6, 6.07) is 11.5. The number of hydrogen-bond donors (Lipinski definition) is 2. The zero-order valence-electron chi connectivity index (χ0n) is 11.9. The first-order valence-electron chi connectivity index (χ1n) is 6.65. The molecule has 0 bridgehead atoms. The normalized spacial score (nSPS) is 10.6. The number of ether oxygens (including phenoxy) is 1. The number of phenolic OH excluding ortho intramolecular Hbond substituents is 1. The molecular weight excluding hydrogens is 348 g/mol. The Morgan fingerprint density at radius 1 is 1.32 bits per heavy atom. The van der Waals surface area contributed by atoms with Crippen molar-refractivity contribution in [3.8, 4) is 11.5 Å². The molecule has 0 fully saturated rings. The van der Waals surface area contributed by atoms with Crippen LogP contribution in [0.15, 0.2) is 52.0 Å². The number of carbonyl (C=O) groups excluding carboxylic acids is 1. The van der Waals surface area contributed by atoms with E-state index in [0.717, 1.165) is 15.8 Å². The third kappa shape index (κ3) is 4.33. The Kier molecular flexibility index (Phi) is 5.55. The van der Waals surface area contributed by atoms with Crippen molar-refractivity contribution in [3.63, 3.8) is 0 Å². The van der Waals surface area contributed by atoms with Gasteiger partial charge in [0, 0.05) is 5.56 Å². The van der Waals surface area contributed by atoms with Gasteiger partial charge < -0.3 is 9.84 Å². The first kappa shape index (κ1) is 16.0. The van der Waals surface area contributed by atoms with Gasteiger partial charge in [0.1, 0.15) is 11.5 Å². The predicted octanol–water partition coefficient (Wildman–Crippen LogP) is 3.32. The van der Waals surface area contributed by atoms with Gasteiger partial charge in [-0.3, -0.25) is 4.79 Å². The lowest BCUT2D eigenvalue weighted by molar-refractivity contribution is 0.0955. The van der Waals surface area contributed by atoms with Crippen LogP contribution >= 0.6 is 15.9 Å². The summed E-state index contributed by atoms with van der Waals surface area (Å²) in [6.45, 7) is 2.51. The Morgan fingerprint density at radius 3 is 2.68 bits per heavy atom. The highest BCUT2D eigenvalue weighted by atomic mass is 79.9. The molecule has 6 heteroatoms. The Morgan fingerprint density at radius 2 is 2.05 bits per heavy atom. The third-order valence-electron chi connectivity index (χ3n) is 2.76. The van der Waals surface area contributed by atoms with E-state index in [-0.39, 0.29) is 11.7 Å². The highest BCUT2D eigenvalue weighted by Gasteiger charge is 2.04. The minimum Gasteiger partial charge on any atom is -0.508 e. The minimum absolute atomic E-state index is 0.110. The van der Waals surface area contributed by atoms with Crippen molar-refractivity contribution in [3.05, 3.63) is 58.1 Å². The molecule has 5 nitrogen and oxygen atoms in total. The zero-order chi connectivity index (χ0) is 15.9. The van der Waals surface area contributed by atoms with E-state index in [1.807, 2.05) is 25.1 Å². The van der Waals surface area contributed by atoms with E-state index >= 15 is 0 Å². The summed E-state index contributed by atoms with van der Waals surface area (Å²) < 4.78 is 6.24. The number of benzene rings is 2. The number of phenols is 1. The molecule has 114 valence electrons. The molecule has 0 aliphatic rings. The number of carbonyl (C=O) groups is 1. The molecule has 2 N–H and O–H groups in total. The molecule has 0 unspecified atom stereocenters. The Bertz CT molecular complexity index is 684. The maximum absolute atomic E-state index is 11.8. The van der Waals surface area contributed by atoms with Gasteiger partial charge in [0.15, 0.2) is 0 Å². The number of halogens is 1. The highest BCUT2D eigenvalue weighted by Crippen LogP contribution is 2.25. The molecule has 0 aliphatic heterocycles. The van der Waals surface area contributed by atoms with Crippen molar-refractivity contribution in [1.29, 1.82) is 0 Å². The van der Waals surface area contributed by atoms with Crippen LogP contribution < -0.4 is 10.2 Å². The van der Waals surface area contributed by atoms with E-state index < -0.39 is 0 Å². The van der Waals surface area contributed by atoms with E-state index in [9.17, 15) is 9.90 Å². The maximum Gasteiger partial charge on any atom is 0.271 e. The molecule has 0 saturated carbocycles. The second-order valence-electron chi connectivity index (χ2n) is 4.37. The minimum atomic E-state index is -0.346. The van der Waals surface area contributed by atoms with E-state index in [0.29, 0.717) is 12.2 Å². The van der Waals surface area contributed by atoms with Gasteiger partial charge in [-0.2, -0.15) is 5.10 Å². The molecule has 0 aliphatic carbocycles. The lowest BCUT2D eigenvalue weighted by Crippen LogP contribution is -2.17. The second kappa shape index (κ2) is 7.61. The fraction of sp³-hybridized carbons (Fsp3) is 0.125. The van der Waals surface area contributed by atoms with Gasteiger partial charge in [-0.1, -0.05) is 0 Å². The van der Waals surface area contributed by atoms with Gasteiger partial charge in [-0.05, 0) is 70.9 Å². The molecule has 2 rings (SSSR count). The summed E-state index contributed by atoms with van der Waals surface area (Å²) in [5, 5.41) is 13.1. The first-order valence-corrected chi connectivity index (χ1v) is 7.44. The molecule has 0 radical (unpaired) electrons. The van der Waals surface area contributed by atoms with E-state index in [4.69, 9.17) is 4.74 Å². The van der Waals surface area contributed by atoms with Gasteiger partial charge >= 0.3 is 0 Å². The fourth-order valence-electron chi connectivity index (χ4n) is 1.71. The molecule has 22 heavy (non-hydrogen) atoms. The molecule has 0 atom stereocenters. The maximum atomic E-state index is 11.8. The topological polar surface area (TPSA) is 70.9 Å². The molecule has 2 aromatic carbocycles. The van der Waals surface area contributed by atoms with Crippen LogP contribution in [0.2, 0.25) is 0 Å². The number of hydrazone groups is 1. The van der Waals surface area contributed by atoms with Crippen molar-refractivity contribution in [2.45, 2.75) is 6.92 Å². The van der Waals surface area contributed by atoms with Crippen LogP contribution in [0.5, 0.6) is 11.5 Å². The average molecular weight is 363 g/mol. The van der Waals surface area contributed by atoms with Gasteiger partial charge in [0.25, 0.3) is 5.91 Å². The SMILES string of the molecule is CCOc1ccc(/C=N\NC(=O)c2ccc(O)cc2)cc1Br. The summed E-state index contributed by atoms with van der Waals surface area (Å²) in [6.07, 6.45) is 1.54. The fourth-order valence-corrected chi connectivity index (χ4v) is 2.22. The van der Waals surface area contributed by atoms with Crippen LogP contribution in [-0.4, -0.2) is 23.8 Å². The lowest BCUT2D eigenvalue weighted by atomic mass is 10.2. The standard InChI is InChI=1S/C16H15BrN2O3/c1-2-22-15-8-3-11(9-14(15)17)10-18-19-16(21)12-4-6-13(20)7-5-12/h3-10,20H,2H2,1H3,(H,19,21)/b18-10-. The number of nitrogens with zero attached hydrogens (tertiary/aromatic N) is 1. The second-order valence-corrected chi connectivity index (χ2v) is 5.22. The van der Waals surface area contributed by atoms with Crippen molar-refractivity contribution in [2.75, 3.05) is 6.61 Å². The van der Waals surface area contributed by atoms with Crippen LogP contribution in [-0.2, 0) is 0 Å². The van der Waals surface area contributed by atoms with Gasteiger partial charge in [-0.25, -0.2) is 5.43 Å². The largest absolute Gasteiger partial charge is 0.508 e. The summed E-state index contributed by atoms with van der Waals surface area (Å²) in [5.74, 6) is 0.522. The van der Waals surface area contributed by atoms with E-state index in [1.165, 1.54) is 24.3 Å². The summed E-state index contributed by atoms with van der Waals surface area (Å²) in [7, 11) is 0. The van der Waals surface area contributed by atoms with Crippen molar-refractivity contribution < 1.29 is 14.6 Å². The van der Waals surface area contributed by atoms with Gasteiger partial charge in [0.2, 0.25) is 0 Å². The van der Waals surface area contributed by atoms with Crippen molar-refractivity contribution >= 4 is 28.1 Å². The lowest BCUT2D eigenvalue weighted by Gasteiger charge is -2.05. The summed E-state index contributed by atoms with van der Waals surface area (Å²) >= 11 is 3.41. The molecular formula is C16H15BrN2O3. The molecule has 2 aromatic rings. The summed E-state index contributed by atoms with van der Waals surface area (Å²) in [5.41, 5.74) is 3.67. The number of aromatic hydroxyl groups is 1. The Labute approximate surface area is 136 Å². The number of rotatable bonds is 5. The van der Waals surface area contributed by atoms with Gasteiger partial charge in [0.05, 0.1) is 17.3 Å².